The van der Waals surface area contributed by atoms with Crippen LogP contribution in [0.2, 0.25) is 0 Å². The summed E-state index contributed by atoms with van der Waals surface area (Å²) in [4.78, 5) is 11.2. The Morgan fingerprint density at radius 1 is 1.79 bits per heavy atom. The molecule has 1 heterocycles. The van der Waals surface area contributed by atoms with E-state index in [0.29, 0.717) is 11.3 Å². The smallest absolute Gasteiger partial charge is 0.354 e. The van der Waals surface area contributed by atoms with Gasteiger partial charge in [-0.25, -0.2) is 4.79 Å². The zero-order valence-electron chi connectivity index (χ0n) is 8.23. The number of nitrogens with two attached hydrogens (primary N) is 1. The first-order chi connectivity index (χ1) is 6.60. The lowest BCUT2D eigenvalue weighted by molar-refractivity contribution is 0.0590. The summed E-state index contributed by atoms with van der Waals surface area (Å²) in [5, 5.41) is 9.43. The molecule has 1 aromatic heterocycles. The monoisotopic (exact) mass is 198 g/mol. The van der Waals surface area contributed by atoms with Crippen molar-refractivity contribution in [1.82, 2.24) is 4.57 Å². The minimum absolute atomic E-state index is 0.130. The van der Waals surface area contributed by atoms with Gasteiger partial charge in [-0.05, 0) is 6.07 Å². The molecular formula is C9H14N2O3. The molecule has 1 aromatic rings. The predicted molar refractivity (Wildman–Crippen MR) is 50.8 cm³/mol. The van der Waals surface area contributed by atoms with Crippen LogP contribution < -0.4 is 5.73 Å². The van der Waals surface area contributed by atoms with Crippen molar-refractivity contribution in [2.75, 3.05) is 13.7 Å². The molecule has 3 N–H and O–H groups in total. The van der Waals surface area contributed by atoms with Gasteiger partial charge in [-0.1, -0.05) is 0 Å². The Hall–Kier alpha value is -1.33. The van der Waals surface area contributed by atoms with E-state index in [2.05, 4.69) is 4.74 Å². The SMILES string of the molecule is COC(=O)c1cc([C@H](O)CN)cn1C. The molecule has 0 saturated carbocycles. The molecule has 0 aliphatic carbocycles. The molecule has 0 amide bonds. The third kappa shape index (κ3) is 1.94. The van der Waals surface area contributed by atoms with Crippen LogP contribution in [0.1, 0.15) is 22.2 Å². The summed E-state index contributed by atoms with van der Waals surface area (Å²) in [7, 11) is 3.02. The van der Waals surface area contributed by atoms with Gasteiger partial charge in [-0.3, -0.25) is 0 Å². The van der Waals surface area contributed by atoms with E-state index < -0.39 is 12.1 Å². The van der Waals surface area contributed by atoms with E-state index >= 15 is 0 Å². The number of aliphatic hydroxyl groups excluding tert-OH is 1. The number of hydrogen-bond donors (Lipinski definition) is 2. The summed E-state index contributed by atoms with van der Waals surface area (Å²) < 4.78 is 6.17. The standard InChI is InChI=1S/C9H14N2O3/c1-11-5-6(8(12)4-10)3-7(11)9(13)14-2/h3,5,8,12H,4,10H2,1-2H3/t8-/m1/s1. The molecule has 1 rings (SSSR count). The number of ether oxygens (including phenoxy) is 1. The second-order valence-electron chi connectivity index (χ2n) is 3.01. The molecule has 0 aliphatic rings. The highest BCUT2D eigenvalue weighted by atomic mass is 16.5. The Labute approximate surface area is 82.1 Å². The molecule has 0 fully saturated rings. The summed E-state index contributed by atoms with van der Waals surface area (Å²) in [5.74, 6) is -0.428. The third-order valence-corrected chi connectivity index (χ3v) is 2.03. The molecule has 0 radical (unpaired) electrons. The molecule has 78 valence electrons. The van der Waals surface area contributed by atoms with Crippen LogP contribution in [0, 0.1) is 0 Å². The largest absolute Gasteiger partial charge is 0.464 e. The number of hydrogen-bond acceptors (Lipinski definition) is 4. The number of carbonyl (C=O) groups is 1. The maximum Gasteiger partial charge on any atom is 0.354 e. The number of aromatic nitrogens is 1. The van der Waals surface area contributed by atoms with Crippen LogP contribution in [-0.2, 0) is 11.8 Å². The number of esters is 1. The Bertz CT molecular complexity index is 333. The Kier molecular flexibility index (Phi) is 3.27. The molecule has 0 aromatic carbocycles. The van der Waals surface area contributed by atoms with Gasteiger partial charge in [-0.15, -0.1) is 0 Å². The summed E-state index contributed by atoms with van der Waals surface area (Å²) in [6.07, 6.45) is 0.920. The van der Waals surface area contributed by atoms with Crippen LogP contribution >= 0.6 is 0 Å². The van der Waals surface area contributed by atoms with Crippen molar-refractivity contribution < 1.29 is 14.6 Å². The Morgan fingerprint density at radius 2 is 2.43 bits per heavy atom. The molecule has 1 atom stereocenters. The van der Waals surface area contributed by atoms with Crippen LogP contribution in [-0.4, -0.2) is 29.3 Å². The van der Waals surface area contributed by atoms with Crippen molar-refractivity contribution in [1.29, 1.82) is 0 Å². The van der Waals surface area contributed by atoms with E-state index in [1.54, 1.807) is 23.9 Å². The highest BCUT2D eigenvalue weighted by molar-refractivity contribution is 5.87. The molecule has 0 saturated heterocycles. The first-order valence-electron chi connectivity index (χ1n) is 4.22. The summed E-state index contributed by atoms with van der Waals surface area (Å²) in [5.41, 5.74) is 6.32. The van der Waals surface area contributed by atoms with E-state index in [4.69, 9.17) is 5.73 Å². The van der Waals surface area contributed by atoms with Gasteiger partial charge in [0.1, 0.15) is 5.69 Å². The normalized spacial score (nSPS) is 12.6. The first kappa shape index (κ1) is 10.7. The van der Waals surface area contributed by atoms with Crippen LogP contribution in [0.25, 0.3) is 0 Å². The van der Waals surface area contributed by atoms with Crippen molar-refractivity contribution >= 4 is 5.97 Å². The van der Waals surface area contributed by atoms with Gasteiger partial charge < -0.3 is 20.1 Å². The van der Waals surface area contributed by atoms with E-state index in [9.17, 15) is 9.90 Å². The number of rotatable bonds is 3. The van der Waals surface area contributed by atoms with Crippen LogP contribution in [0.3, 0.4) is 0 Å². The lowest BCUT2D eigenvalue weighted by Crippen LogP contribution is -2.10. The van der Waals surface area contributed by atoms with Crippen LogP contribution in [0.15, 0.2) is 12.3 Å². The number of nitrogens with zero attached hydrogens (tertiary/aromatic N) is 1. The van der Waals surface area contributed by atoms with Crippen molar-refractivity contribution in [3.8, 4) is 0 Å². The zero-order valence-corrected chi connectivity index (χ0v) is 8.23. The minimum atomic E-state index is -0.736. The Morgan fingerprint density at radius 3 is 2.93 bits per heavy atom. The van der Waals surface area contributed by atoms with Crippen molar-refractivity contribution in [3.63, 3.8) is 0 Å². The summed E-state index contributed by atoms with van der Waals surface area (Å²) >= 11 is 0. The lowest BCUT2D eigenvalue weighted by Gasteiger charge is -2.02. The van der Waals surface area contributed by atoms with Gasteiger partial charge in [0.2, 0.25) is 0 Å². The predicted octanol–water partition coefficient (Wildman–Crippen LogP) is -0.196. The fourth-order valence-electron chi connectivity index (χ4n) is 1.22. The minimum Gasteiger partial charge on any atom is -0.464 e. The molecule has 0 aliphatic heterocycles. The summed E-state index contributed by atoms with van der Waals surface area (Å²) in [6, 6.07) is 1.57. The quantitative estimate of drug-likeness (QED) is 0.659. The number of aliphatic hydroxyl groups is 1. The first-order valence-corrected chi connectivity index (χ1v) is 4.22. The third-order valence-electron chi connectivity index (χ3n) is 2.03. The van der Waals surface area contributed by atoms with E-state index in [1.165, 1.54) is 7.11 Å². The highest BCUT2D eigenvalue weighted by Gasteiger charge is 2.15. The van der Waals surface area contributed by atoms with Crippen molar-refractivity contribution in [2.24, 2.45) is 12.8 Å². The van der Waals surface area contributed by atoms with Crippen molar-refractivity contribution in [2.45, 2.75) is 6.10 Å². The maximum absolute atomic E-state index is 11.2. The molecule has 5 nitrogen and oxygen atoms in total. The van der Waals surface area contributed by atoms with E-state index in [-0.39, 0.29) is 6.54 Å². The summed E-state index contributed by atoms with van der Waals surface area (Å²) in [6.45, 7) is 0.130. The van der Waals surface area contributed by atoms with Gasteiger partial charge in [0.15, 0.2) is 0 Å². The van der Waals surface area contributed by atoms with Crippen molar-refractivity contribution in [3.05, 3.63) is 23.5 Å². The average molecular weight is 198 g/mol. The molecule has 0 bridgehead atoms. The second-order valence-corrected chi connectivity index (χ2v) is 3.01. The van der Waals surface area contributed by atoms with Crippen LogP contribution in [0.4, 0.5) is 0 Å². The van der Waals surface area contributed by atoms with E-state index in [0.717, 1.165) is 0 Å². The van der Waals surface area contributed by atoms with Gasteiger partial charge >= 0.3 is 5.97 Å². The maximum atomic E-state index is 11.2. The fraction of sp³-hybridized carbons (Fsp3) is 0.444. The lowest BCUT2D eigenvalue weighted by atomic mass is 10.2. The van der Waals surface area contributed by atoms with E-state index in [1.807, 2.05) is 0 Å². The second kappa shape index (κ2) is 4.26. The number of carbonyl (C=O) groups excluding carboxylic acids is 1. The van der Waals surface area contributed by atoms with Gasteiger partial charge in [0, 0.05) is 25.4 Å². The molecule has 0 unspecified atom stereocenters. The molecule has 5 heteroatoms. The fourth-order valence-corrected chi connectivity index (χ4v) is 1.22. The molecule has 14 heavy (non-hydrogen) atoms. The topological polar surface area (TPSA) is 77.5 Å². The number of aryl methyl sites for hydroxylation is 1. The Balaban J connectivity index is 2.98. The van der Waals surface area contributed by atoms with Gasteiger partial charge in [0.05, 0.1) is 13.2 Å². The number of methoxy groups -OCH3 is 1. The van der Waals surface area contributed by atoms with Crippen LogP contribution in [0.5, 0.6) is 0 Å². The molecule has 0 spiro atoms. The average Bonchev–Trinajstić information content (AvgIpc) is 2.58. The highest BCUT2D eigenvalue weighted by Crippen LogP contribution is 2.15. The van der Waals surface area contributed by atoms with Gasteiger partial charge in [0.25, 0.3) is 0 Å². The zero-order chi connectivity index (χ0) is 10.7. The van der Waals surface area contributed by atoms with Gasteiger partial charge in [-0.2, -0.15) is 0 Å². The molecular weight excluding hydrogens is 184 g/mol.